The first-order chi connectivity index (χ1) is 10.1. The van der Waals surface area contributed by atoms with E-state index in [1.165, 1.54) is 6.33 Å². The summed E-state index contributed by atoms with van der Waals surface area (Å²) < 4.78 is 1.55. The second-order valence-corrected chi connectivity index (χ2v) is 5.46. The van der Waals surface area contributed by atoms with Crippen LogP contribution in [-0.4, -0.2) is 50.1 Å². The lowest BCUT2D eigenvalue weighted by molar-refractivity contribution is 0.0786. The minimum Gasteiger partial charge on any atom is -0.338 e. The molecule has 0 saturated carbocycles. The topological polar surface area (TPSA) is 89.9 Å². The maximum atomic E-state index is 12.5. The summed E-state index contributed by atoms with van der Waals surface area (Å²) >= 11 is 0. The number of likely N-dealkylation sites (tertiary alicyclic amines) is 1. The van der Waals surface area contributed by atoms with Gasteiger partial charge in [-0.15, -0.1) is 5.10 Å². The molecule has 2 N–H and O–H groups in total. The second kappa shape index (κ2) is 5.61. The molecule has 0 radical (unpaired) electrons. The van der Waals surface area contributed by atoms with Crippen LogP contribution in [-0.2, 0) is 0 Å². The molecule has 3 rings (SSSR count). The molecule has 0 bridgehead atoms. The largest absolute Gasteiger partial charge is 0.338 e. The molecule has 2 aromatic rings. The van der Waals surface area contributed by atoms with Crippen LogP contribution >= 0.6 is 0 Å². The van der Waals surface area contributed by atoms with Crippen molar-refractivity contribution >= 4 is 5.91 Å². The van der Waals surface area contributed by atoms with Crippen molar-refractivity contribution in [1.82, 2.24) is 25.1 Å². The highest BCUT2D eigenvalue weighted by Crippen LogP contribution is 2.21. The van der Waals surface area contributed by atoms with Crippen molar-refractivity contribution in [3.8, 4) is 5.69 Å². The molecule has 2 heterocycles. The van der Waals surface area contributed by atoms with Gasteiger partial charge in [-0.3, -0.25) is 4.79 Å². The summed E-state index contributed by atoms with van der Waals surface area (Å²) in [5.41, 5.74) is 7.42. The Morgan fingerprint density at radius 3 is 2.71 bits per heavy atom. The van der Waals surface area contributed by atoms with Gasteiger partial charge >= 0.3 is 0 Å². The standard InChI is InChI=1S/C14H18N6O/c1-10(15)12-6-7-19(8-12)14(21)11-2-4-13(5-3-11)20-9-16-17-18-20/h2-5,9-10,12H,6-8,15H2,1H3. The first-order valence-corrected chi connectivity index (χ1v) is 7.03. The Hall–Kier alpha value is -2.28. The van der Waals surface area contributed by atoms with E-state index in [0.717, 1.165) is 25.2 Å². The van der Waals surface area contributed by atoms with Crippen LogP contribution in [0.2, 0.25) is 0 Å². The maximum absolute atomic E-state index is 12.5. The van der Waals surface area contributed by atoms with E-state index >= 15 is 0 Å². The number of amides is 1. The predicted molar refractivity (Wildman–Crippen MR) is 76.8 cm³/mol. The van der Waals surface area contributed by atoms with E-state index in [0.29, 0.717) is 11.5 Å². The van der Waals surface area contributed by atoms with E-state index in [4.69, 9.17) is 5.73 Å². The molecular formula is C14H18N6O. The van der Waals surface area contributed by atoms with Crippen molar-refractivity contribution in [1.29, 1.82) is 0 Å². The number of aromatic nitrogens is 4. The third kappa shape index (κ3) is 2.78. The van der Waals surface area contributed by atoms with Crippen LogP contribution in [0.3, 0.4) is 0 Å². The molecule has 1 aromatic heterocycles. The number of tetrazole rings is 1. The molecule has 110 valence electrons. The molecule has 2 atom stereocenters. The SMILES string of the molecule is CC(N)C1CCN(C(=O)c2ccc(-n3cnnn3)cc2)C1. The Bertz CT molecular complexity index is 607. The van der Waals surface area contributed by atoms with E-state index in [2.05, 4.69) is 15.5 Å². The Morgan fingerprint density at radius 2 is 2.14 bits per heavy atom. The average molecular weight is 286 g/mol. The van der Waals surface area contributed by atoms with Crippen molar-refractivity contribution < 1.29 is 4.79 Å². The first kappa shape index (κ1) is 13.7. The molecule has 7 heteroatoms. The van der Waals surface area contributed by atoms with Gasteiger partial charge in [0, 0.05) is 24.7 Å². The molecule has 2 unspecified atom stereocenters. The smallest absolute Gasteiger partial charge is 0.253 e. The average Bonchev–Trinajstić information content (AvgIpc) is 3.18. The van der Waals surface area contributed by atoms with Gasteiger partial charge in [-0.2, -0.15) is 0 Å². The van der Waals surface area contributed by atoms with Gasteiger partial charge in [0.1, 0.15) is 6.33 Å². The van der Waals surface area contributed by atoms with Crippen LogP contribution in [0, 0.1) is 5.92 Å². The Kier molecular flexibility index (Phi) is 3.66. The van der Waals surface area contributed by atoms with Crippen molar-refractivity contribution in [3.05, 3.63) is 36.2 Å². The van der Waals surface area contributed by atoms with E-state index in [1.807, 2.05) is 24.0 Å². The molecule has 1 aliphatic rings. The van der Waals surface area contributed by atoms with E-state index in [-0.39, 0.29) is 11.9 Å². The zero-order chi connectivity index (χ0) is 14.8. The minimum absolute atomic E-state index is 0.0569. The highest BCUT2D eigenvalue weighted by molar-refractivity contribution is 5.94. The summed E-state index contributed by atoms with van der Waals surface area (Å²) in [6, 6.07) is 7.41. The minimum atomic E-state index is 0.0569. The van der Waals surface area contributed by atoms with Gasteiger partial charge in [-0.1, -0.05) is 0 Å². The Balaban J connectivity index is 1.71. The van der Waals surface area contributed by atoms with Gasteiger partial charge in [0.2, 0.25) is 0 Å². The molecule has 1 fully saturated rings. The van der Waals surface area contributed by atoms with Gasteiger partial charge in [-0.25, -0.2) is 4.68 Å². The lowest BCUT2D eigenvalue weighted by Gasteiger charge is -2.18. The Morgan fingerprint density at radius 1 is 1.38 bits per heavy atom. The number of carbonyl (C=O) groups excluding carboxylic acids is 1. The van der Waals surface area contributed by atoms with E-state index < -0.39 is 0 Å². The fourth-order valence-electron chi connectivity index (χ4n) is 2.62. The fraction of sp³-hybridized carbons (Fsp3) is 0.429. The number of nitrogens with zero attached hydrogens (tertiary/aromatic N) is 5. The molecule has 1 saturated heterocycles. The quantitative estimate of drug-likeness (QED) is 0.886. The molecule has 1 amide bonds. The van der Waals surface area contributed by atoms with Crippen molar-refractivity contribution in [2.45, 2.75) is 19.4 Å². The van der Waals surface area contributed by atoms with Gasteiger partial charge in [0.05, 0.1) is 5.69 Å². The normalized spacial score (nSPS) is 19.7. The maximum Gasteiger partial charge on any atom is 0.253 e. The van der Waals surface area contributed by atoms with Crippen LogP contribution in [0.15, 0.2) is 30.6 Å². The number of rotatable bonds is 3. The van der Waals surface area contributed by atoms with Crippen LogP contribution in [0.1, 0.15) is 23.7 Å². The molecule has 7 nitrogen and oxygen atoms in total. The van der Waals surface area contributed by atoms with Gasteiger partial charge in [0.25, 0.3) is 5.91 Å². The van der Waals surface area contributed by atoms with Gasteiger partial charge in [0.15, 0.2) is 0 Å². The van der Waals surface area contributed by atoms with Crippen molar-refractivity contribution in [2.75, 3.05) is 13.1 Å². The number of benzene rings is 1. The highest BCUT2D eigenvalue weighted by Gasteiger charge is 2.28. The summed E-state index contributed by atoms with van der Waals surface area (Å²) in [6.45, 7) is 3.52. The predicted octanol–water partition coefficient (Wildman–Crippen LogP) is 0.472. The van der Waals surface area contributed by atoms with Crippen molar-refractivity contribution in [2.24, 2.45) is 11.7 Å². The zero-order valence-corrected chi connectivity index (χ0v) is 11.9. The van der Waals surface area contributed by atoms with Crippen LogP contribution in [0.5, 0.6) is 0 Å². The molecule has 1 aliphatic heterocycles. The number of nitrogens with two attached hydrogens (primary N) is 1. The third-order valence-electron chi connectivity index (χ3n) is 3.98. The molecular weight excluding hydrogens is 268 g/mol. The van der Waals surface area contributed by atoms with Crippen LogP contribution < -0.4 is 5.73 Å². The van der Waals surface area contributed by atoms with E-state index in [1.54, 1.807) is 16.8 Å². The van der Waals surface area contributed by atoms with Crippen LogP contribution in [0.4, 0.5) is 0 Å². The second-order valence-electron chi connectivity index (χ2n) is 5.46. The zero-order valence-electron chi connectivity index (χ0n) is 11.9. The van der Waals surface area contributed by atoms with Gasteiger partial charge < -0.3 is 10.6 Å². The number of hydrogen-bond donors (Lipinski definition) is 1. The monoisotopic (exact) mass is 286 g/mol. The number of hydrogen-bond acceptors (Lipinski definition) is 5. The lowest BCUT2D eigenvalue weighted by atomic mass is 10.0. The molecule has 0 aliphatic carbocycles. The summed E-state index contributed by atoms with van der Waals surface area (Å²) in [5.74, 6) is 0.455. The molecule has 1 aromatic carbocycles. The lowest BCUT2D eigenvalue weighted by Crippen LogP contribution is -2.33. The van der Waals surface area contributed by atoms with E-state index in [9.17, 15) is 4.79 Å². The summed E-state index contributed by atoms with van der Waals surface area (Å²) in [7, 11) is 0. The first-order valence-electron chi connectivity index (χ1n) is 7.03. The summed E-state index contributed by atoms with van der Waals surface area (Å²) in [5, 5.41) is 11.0. The Labute approximate surface area is 122 Å². The van der Waals surface area contributed by atoms with Crippen LogP contribution in [0.25, 0.3) is 5.69 Å². The molecule has 0 spiro atoms. The summed E-state index contributed by atoms with van der Waals surface area (Å²) in [4.78, 5) is 14.3. The summed E-state index contributed by atoms with van der Waals surface area (Å²) in [6.07, 6.45) is 2.50. The number of carbonyl (C=O) groups is 1. The molecule has 21 heavy (non-hydrogen) atoms. The van der Waals surface area contributed by atoms with Gasteiger partial charge in [-0.05, 0) is 54.0 Å². The third-order valence-corrected chi connectivity index (χ3v) is 3.98. The highest BCUT2D eigenvalue weighted by atomic mass is 16.2. The fourth-order valence-corrected chi connectivity index (χ4v) is 2.62. The van der Waals surface area contributed by atoms with Crippen molar-refractivity contribution in [3.63, 3.8) is 0 Å².